The van der Waals surface area contributed by atoms with Crippen LogP contribution in [0.3, 0.4) is 0 Å². The van der Waals surface area contributed by atoms with Crippen molar-refractivity contribution in [3.8, 4) is 0 Å². The highest BCUT2D eigenvalue weighted by Gasteiger charge is 2.13. The molecule has 1 aromatic rings. The fraction of sp³-hybridized carbons (Fsp3) is 0.538. The molecule has 18 heavy (non-hydrogen) atoms. The average molecular weight is 271 g/mol. The number of pyridine rings is 1. The molecule has 0 fully saturated rings. The standard InChI is InChI=1S/C13H19ClN2O2/c1-2-4-10(6-8-17)9-16-13(18)11-5-3-7-15-12(11)14/h3,5,7,10,17H,2,4,6,8-9H2,1H3,(H,16,18). The highest BCUT2D eigenvalue weighted by molar-refractivity contribution is 6.32. The maximum absolute atomic E-state index is 11.9. The zero-order valence-electron chi connectivity index (χ0n) is 10.5. The molecule has 0 aliphatic heterocycles. The van der Waals surface area contributed by atoms with Crippen molar-refractivity contribution < 1.29 is 9.90 Å². The van der Waals surface area contributed by atoms with Crippen LogP contribution in [0.5, 0.6) is 0 Å². The van der Waals surface area contributed by atoms with Gasteiger partial charge in [-0.25, -0.2) is 4.98 Å². The van der Waals surface area contributed by atoms with Gasteiger partial charge in [-0.1, -0.05) is 24.9 Å². The van der Waals surface area contributed by atoms with Gasteiger partial charge < -0.3 is 10.4 Å². The van der Waals surface area contributed by atoms with Crippen LogP contribution in [0, 0.1) is 5.92 Å². The van der Waals surface area contributed by atoms with E-state index in [9.17, 15) is 4.79 Å². The van der Waals surface area contributed by atoms with Crippen LogP contribution < -0.4 is 5.32 Å². The lowest BCUT2D eigenvalue weighted by molar-refractivity contribution is 0.0942. The molecule has 0 radical (unpaired) electrons. The lowest BCUT2D eigenvalue weighted by Crippen LogP contribution is -2.30. The summed E-state index contributed by atoms with van der Waals surface area (Å²) in [6.07, 6.45) is 4.27. The molecule has 0 aromatic carbocycles. The van der Waals surface area contributed by atoms with E-state index < -0.39 is 0 Å². The summed E-state index contributed by atoms with van der Waals surface area (Å²) < 4.78 is 0. The number of carbonyl (C=O) groups excluding carboxylic acids is 1. The molecule has 1 aromatic heterocycles. The Labute approximate surface area is 112 Å². The number of carbonyl (C=O) groups is 1. The molecule has 100 valence electrons. The molecule has 1 unspecified atom stereocenters. The average Bonchev–Trinajstić information content (AvgIpc) is 2.36. The Morgan fingerprint density at radius 3 is 2.94 bits per heavy atom. The van der Waals surface area contributed by atoms with Crippen molar-refractivity contribution in [1.82, 2.24) is 10.3 Å². The molecule has 1 rings (SSSR count). The van der Waals surface area contributed by atoms with Crippen LogP contribution in [0.1, 0.15) is 36.5 Å². The van der Waals surface area contributed by atoms with Crippen LogP contribution in [0.4, 0.5) is 0 Å². The van der Waals surface area contributed by atoms with E-state index in [1.807, 2.05) is 0 Å². The summed E-state index contributed by atoms with van der Waals surface area (Å²) in [6.45, 7) is 2.79. The Kier molecular flexibility index (Phi) is 6.68. The molecule has 0 saturated heterocycles. The zero-order chi connectivity index (χ0) is 13.4. The van der Waals surface area contributed by atoms with E-state index in [0.29, 0.717) is 24.4 Å². The number of hydrogen-bond acceptors (Lipinski definition) is 3. The molecule has 5 heteroatoms. The molecular formula is C13H19ClN2O2. The Balaban J connectivity index is 2.52. The quantitative estimate of drug-likeness (QED) is 0.747. The van der Waals surface area contributed by atoms with E-state index in [1.165, 1.54) is 0 Å². The number of hydrogen-bond donors (Lipinski definition) is 2. The summed E-state index contributed by atoms with van der Waals surface area (Å²) in [4.78, 5) is 15.7. The van der Waals surface area contributed by atoms with Crippen LogP contribution in [0.15, 0.2) is 18.3 Å². The van der Waals surface area contributed by atoms with Crippen molar-refractivity contribution in [2.45, 2.75) is 26.2 Å². The normalized spacial score (nSPS) is 12.2. The van der Waals surface area contributed by atoms with Gasteiger partial charge in [0.25, 0.3) is 5.91 Å². The highest BCUT2D eigenvalue weighted by atomic mass is 35.5. The van der Waals surface area contributed by atoms with Crippen molar-refractivity contribution in [2.75, 3.05) is 13.2 Å². The first kappa shape index (κ1) is 14.9. The minimum Gasteiger partial charge on any atom is -0.396 e. The maximum atomic E-state index is 11.9. The predicted molar refractivity (Wildman–Crippen MR) is 71.7 cm³/mol. The minimum absolute atomic E-state index is 0.147. The van der Waals surface area contributed by atoms with E-state index in [1.54, 1.807) is 18.3 Å². The fourth-order valence-corrected chi connectivity index (χ4v) is 2.03. The van der Waals surface area contributed by atoms with Gasteiger partial charge in [0.1, 0.15) is 5.15 Å². The van der Waals surface area contributed by atoms with Crippen molar-refractivity contribution in [3.05, 3.63) is 29.0 Å². The van der Waals surface area contributed by atoms with E-state index in [4.69, 9.17) is 16.7 Å². The van der Waals surface area contributed by atoms with Crippen molar-refractivity contribution >= 4 is 17.5 Å². The first-order valence-electron chi connectivity index (χ1n) is 6.18. The molecule has 0 aliphatic rings. The number of amides is 1. The van der Waals surface area contributed by atoms with Crippen molar-refractivity contribution in [1.29, 1.82) is 0 Å². The second kappa shape index (κ2) is 8.06. The van der Waals surface area contributed by atoms with Crippen molar-refractivity contribution in [2.24, 2.45) is 5.92 Å². The SMILES string of the molecule is CCCC(CCO)CNC(=O)c1cccnc1Cl. The van der Waals surface area contributed by atoms with Gasteiger partial charge in [-0.05, 0) is 30.9 Å². The van der Waals surface area contributed by atoms with E-state index in [-0.39, 0.29) is 17.7 Å². The number of aliphatic hydroxyl groups excluding tert-OH is 1. The lowest BCUT2D eigenvalue weighted by Gasteiger charge is -2.15. The van der Waals surface area contributed by atoms with Gasteiger partial charge in [-0.3, -0.25) is 4.79 Å². The van der Waals surface area contributed by atoms with Crippen LogP contribution in [0.2, 0.25) is 5.15 Å². The topological polar surface area (TPSA) is 62.2 Å². The summed E-state index contributed by atoms with van der Waals surface area (Å²) in [6, 6.07) is 3.32. The molecule has 1 heterocycles. The molecule has 4 nitrogen and oxygen atoms in total. The highest BCUT2D eigenvalue weighted by Crippen LogP contribution is 2.13. The van der Waals surface area contributed by atoms with Gasteiger partial charge in [0.2, 0.25) is 0 Å². The summed E-state index contributed by atoms with van der Waals surface area (Å²) in [5.41, 5.74) is 0.387. The number of halogens is 1. The molecule has 1 atom stereocenters. The first-order valence-corrected chi connectivity index (χ1v) is 6.56. The lowest BCUT2D eigenvalue weighted by atomic mass is 10.0. The monoisotopic (exact) mass is 270 g/mol. The van der Waals surface area contributed by atoms with Crippen LogP contribution >= 0.6 is 11.6 Å². The van der Waals surface area contributed by atoms with Gasteiger partial charge in [0.05, 0.1) is 5.56 Å². The summed E-state index contributed by atoms with van der Waals surface area (Å²) in [7, 11) is 0. The van der Waals surface area contributed by atoms with E-state index in [0.717, 1.165) is 12.8 Å². The number of rotatable bonds is 7. The summed E-state index contributed by atoms with van der Waals surface area (Å²) in [5.74, 6) is 0.0894. The number of nitrogens with zero attached hydrogens (tertiary/aromatic N) is 1. The molecule has 0 spiro atoms. The molecule has 0 saturated carbocycles. The predicted octanol–water partition coefficient (Wildman–Crippen LogP) is 2.26. The van der Waals surface area contributed by atoms with Crippen LogP contribution in [0.25, 0.3) is 0 Å². The third-order valence-corrected chi connectivity index (χ3v) is 3.09. The van der Waals surface area contributed by atoms with Gasteiger partial charge >= 0.3 is 0 Å². The second-order valence-electron chi connectivity index (χ2n) is 4.22. The van der Waals surface area contributed by atoms with Crippen LogP contribution in [-0.2, 0) is 0 Å². The molecular weight excluding hydrogens is 252 g/mol. The van der Waals surface area contributed by atoms with Crippen molar-refractivity contribution in [3.63, 3.8) is 0 Å². The Morgan fingerprint density at radius 1 is 1.56 bits per heavy atom. The Hall–Kier alpha value is -1.13. The number of aliphatic hydroxyl groups is 1. The molecule has 2 N–H and O–H groups in total. The second-order valence-corrected chi connectivity index (χ2v) is 4.58. The number of nitrogens with one attached hydrogen (secondary N) is 1. The van der Waals surface area contributed by atoms with Crippen LogP contribution in [-0.4, -0.2) is 29.1 Å². The largest absolute Gasteiger partial charge is 0.396 e. The number of aromatic nitrogens is 1. The van der Waals surface area contributed by atoms with Gasteiger partial charge in [-0.15, -0.1) is 0 Å². The Morgan fingerprint density at radius 2 is 2.33 bits per heavy atom. The molecule has 0 aliphatic carbocycles. The smallest absolute Gasteiger partial charge is 0.254 e. The Bertz CT molecular complexity index is 379. The van der Waals surface area contributed by atoms with Gasteiger partial charge in [0.15, 0.2) is 0 Å². The van der Waals surface area contributed by atoms with E-state index in [2.05, 4.69) is 17.2 Å². The third-order valence-electron chi connectivity index (χ3n) is 2.79. The fourth-order valence-electron chi connectivity index (χ4n) is 1.83. The van der Waals surface area contributed by atoms with Gasteiger partial charge in [0, 0.05) is 19.3 Å². The third kappa shape index (κ3) is 4.63. The summed E-state index contributed by atoms with van der Waals surface area (Å²) >= 11 is 5.84. The molecule has 0 bridgehead atoms. The first-order chi connectivity index (χ1) is 8.69. The summed E-state index contributed by atoms with van der Waals surface area (Å²) in [5, 5.41) is 12.0. The van der Waals surface area contributed by atoms with E-state index >= 15 is 0 Å². The minimum atomic E-state index is -0.216. The van der Waals surface area contributed by atoms with Gasteiger partial charge in [-0.2, -0.15) is 0 Å². The maximum Gasteiger partial charge on any atom is 0.254 e. The zero-order valence-corrected chi connectivity index (χ0v) is 11.3. The molecule has 1 amide bonds.